The summed E-state index contributed by atoms with van der Waals surface area (Å²) in [5.74, 6) is -0.0704. The van der Waals surface area contributed by atoms with Gasteiger partial charge in [0, 0.05) is 18.8 Å². The van der Waals surface area contributed by atoms with Crippen molar-refractivity contribution in [2.45, 2.75) is 17.9 Å². The molecule has 0 bridgehead atoms. The van der Waals surface area contributed by atoms with Crippen molar-refractivity contribution in [1.82, 2.24) is 15.0 Å². The van der Waals surface area contributed by atoms with E-state index >= 15 is 0 Å². The number of nitrogens with one attached hydrogen (secondary N) is 2. The number of anilines is 1. The summed E-state index contributed by atoms with van der Waals surface area (Å²) in [6.45, 7) is 2.10. The van der Waals surface area contributed by atoms with E-state index in [4.69, 9.17) is 17.3 Å². The lowest BCUT2D eigenvalue weighted by Gasteiger charge is -2.12. The molecule has 18 heavy (non-hydrogen) atoms. The molecule has 1 atom stereocenters. The lowest BCUT2D eigenvalue weighted by Crippen LogP contribution is -2.37. The molecule has 0 saturated heterocycles. The van der Waals surface area contributed by atoms with Crippen LogP contribution in [0.5, 0.6) is 0 Å². The molecule has 1 rings (SSSR count). The summed E-state index contributed by atoms with van der Waals surface area (Å²) >= 11 is 5.69. The molecular weight excluding hydrogens is 299 g/mol. The summed E-state index contributed by atoms with van der Waals surface area (Å²) in [4.78, 5) is 3.60. The Bertz CT molecular complexity index is 495. The number of hydrogen-bond acceptors (Lipinski definition) is 5. The molecule has 1 heterocycles. The van der Waals surface area contributed by atoms with E-state index in [1.807, 2.05) is 6.92 Å². The van der Waals surface area contributed by atoms with Crippen molar-refractivity contribution in [3.8, 4) is 0 Å². The number of halogens is 2. The van der Waals surface area contributed by atoms with Gasteiger partial charge < -0.3 is 11.1 Å². The normalized spacial score (nSPS) is 12.8. The second kappa shape index (κ2) is 7.10. The van der Waals surface area contributed by atoms with E-state index < -0.39 is 10.0 Å². The van der Waals surface area contributed by atoms with Gasteiger partial charge >= 0.3 is 0 Å². The molecular formula is C9H16Cl2N4O2S. The van der Waals surface area contributed by atoms with Crippen LogP contribution in [0.2, 0.25) is 5.02 Å². The van der Waals surface area contributed by atoms with Crippen molar-refractivity contribution in [1.29, 1.82) is 0 Å². The van der Waals surface area contributed by atoms with Crippen molar-refractivity contribution in [3.63, 3.8) is 0 Å². The van der Waals surface area contributed by atoms with Gasteiger partial charge in [0.05, 0.1) is 5.02 Å². The van der Waals surface area contributed by atoms with Gasteiger partial charge in [0.2, 0.25) is 10.0 Å². The van der Waals surface area contributed by atoms with Crippen LogP contribution in [0.3, 0.4) is 0 Å². The molecule has 6 nitrogen and oxygen atoms in total. The van der Waals surface area contributed by atoms with Crippen molar-refractivity contribution < 1.29 is 8.42 Å². The van der Waals surface area contributed by atoms with Crippen LogP contribution in [-0.2, 0) is 10.0 Å². The first-order valence-electron chi connectivity index (χ1n) is 4.94. The van der Waals surface area contributed by atoms with Gasteiger partial charge in [-0.2, -0.15) is 0 Å². The zero-order chi connectivity index (χ0) is 13.1. The topological polar surface area (TPSA) is 97.1 Å². The Kier molecular flexibility index (Phi) is 6.87. The van der Waals surface area contributed by atoms with Gasteiger partial charge in [-0.25, -0.2) is 18.1 Å². The predicted molar refractivity (Wildman–Crippen MR) is 74.6 cm³/mol. The zero-order valence-electron chi connectivity index (χ0n) is 9.97. The number of nitrogens with two attached hydrogens (primary N) is 1. The SMILES string of the molecule is CNC(C)CNS(=O)(=O)c1cc(Cl)cnc1N.Cl. The molecule has 0 fully saturated rings. The molecule has 0 saturated carbocycles. The zero-order valence-corrected chi connectivity index (χ0v) is 12.4. The maximum atomic E-state index is 11.9. The summed E-state index contributed by atoms with van der Waals surface area (Å²) in [5, 5.41) is 3.14. The number of nitrogens with zero attached hydrogens (tertiary/aromatic N) is 1. The highest BCUT2D eigenvalue weighted by Crippen LogP contribution is 2.19. The number of hydrogen-bond donors (Lipinski definition) is 3. The van der Waals surface area contributed by atoms with Crippen LogP contribution in [0.4, 0.5) is 5.82 Å². The first kappa shape index (κ1) is 17.4. The average molecular weight is 315 g/mol. The smallest absolute Gasteiger partial charge is 0.244 e. The third kappa shape index (κ3) is 4.58. The number of aromatic nitrogens is 1. The Labute approximate surface area is 118 Å². The van der Waals surface area contributed by atoms with E-state index in [2.05, 4.69) is 15.0 Å². The minimum Gasteiger partial charge on any atom is -0.383 e. The predicted octanol–water partition coefficient (Wildman–Crippen LogP) is 0.625. The quantitative estimate of drug-likeness (QED) is 0.740. The first-order valence-corrected chi connectivity index (χ1v) is 6.81. The Morgan fingerprint density at radius 1 is 1.56 bits per heavy atom. The van der Waals surface area contributed by atoms with E-state index in [1.54, 1.807) is 7.05 Å². The number of nitrogen functional groups attached to an aromatic ring is 1. The van der Waals surface area contributed by atoms with Crippen LogP contribution in [0.25, 0.3) is 0 Å². The Hall–Kier alpha value is -0.600. The third-order valence-electron chi connectivity index (χ3n) is 2.21. The second-order valence-electron chi connectivity index (χ2n) is 3.58. The molecule has 0 radical (unpaired) electrons. The third-order valence-corrected chi connectivity index (χ3v) is 3.87. The Morgan fingerprint density at radius 2 is 2.17 bits per heavy atom. The summed E-state index contributed by atoms with van der Waals surface area (Å²) in [5.41, 5.74) is 5.51. The van der Waals surface area contributed by atoms with E-state index in [1.165, 1.54) is 12.3 Å². The summed E-state index contributed by atoms with van der Waals surface area (Å²) < 4.78 is 26.2. The van der Waals surface area contributed by atoms with Gasteiger partial charge in [-0.1, -0.05) is 11.6 Å². The highest BCUT2D eigenvalue weighted by atomic mass is 35.5. The lowest BCUT2D eigenvalue weighted by atomic mass is 10.4. The molecule has 1 unspecified atom stereocenters. The van der Waals surface area contributed by atoms with Crippen LogP contribution in [0.15, 0.2) is 17.2 Å². The van der Waals surface area contributed by atoms with Gasteiger partial charge in [0.15, 0.2) is 0 Å². The molecule has 0 amide bonds. The van der Waals surface area contributed by atoms with Crippen LogP contribution in [0, 0.1) is 0 Å². The van der Waals surface area contributed by atoms with Crippen LogP contribution in [-0.4, -0.2) is 33.0 Å². The fraction of sp³-hybridized carbons (Fsp3) is 0.444. The second-order valence-corrected chi connectivity index (χ2v) is 5.75. The van der Waals surface area contributed by atoms with Gasteiger partial charge in [-0.15, -0.1) is 12.4 Å². The number of likely N-dealkylation sites (N-methyl/N-ethyl adjacent to an activating group) is 1. The minimum absolute atomic E-state index is 0. The van der Waals surface area contributed by atoms with Crippen molar-refractivity contribution in [2.24, 2.45) is 0 Å². The standard InChI is InChI=1S/C9H15ClN4O2S.ClH/c1-6(12-2)4-14-17(15,16)8-3-7(10)5-13-9(8)11;/h3,5-6,12,14H,4H2,1-2H3,(H2,11,13);1H. The highest BCUT2D eigenvalue weighted by Gasteiger charge is 2.19. The molecule has 1 aromatic heterocycles. The molecule has 0 spiro atoms. The molecule has 9 heteroatoms. The maximum absolute atomic E-state index is 11.9. The molecule has 0 aromatic carbocycles. The molecule has 0 aliphatic rings. The molecule has 0 aliphatic heterocycles. The fourth-order valence-corrected chi connectivity index (χ4v) is 2.52. The number of sulfonamides is 1. The van der Waals surface area contributed by atoms with Crippen LogP contribution >= 0.6 is 24.0 Å². The van der Waals surface area contributed by atoms with E-state index in [9.17, 15) is 8.42 Å². The molecule has 0 aliphatic carbocycles. The fourth-order valence-electron chi connectivity index (χ4n) is 1.06. The van der Waals surface area contributed by atoms with E-state index in [-0.39, 0.29) is 40.7 Å². The average Bonchev–Trinajstić information content (AvgIpc) is 2.29. The van der Waals surface area contributed by atoms with Gasteiger partial charge in [0.25, 0.3) is 0 Å². The van der Waals surface area contributed by atoms with Gasteiger partial charge in [-0.3, -0.25) is 0 Å². The van der Waals surface area contributed by atoms with E-state index in [0.717, 1.165) is 0 Å². The highest BCUT2D eigenvalue weighted by molar-refractivity contribution is 7.89. The first-order chi connectivity index (χ1) is 7.86. The van der Waals surface area contributed by atoms with Crippen molar-refractivity contribution in [3.05, 3.63) is 17.3 Å². The largest absolute Gasteiger partial charge is 0.383 e. The Morgan fingerprint density at radius 3 is 2.72 bits per heavy atom. The monoisotopic (exact) mass is 314 g/mol. The summed E-state index contributed by atoms with van der Waals surface area (Å²) in [6.07, 6.45) is 1.30. The summed E-state index contributed by atoms with van der Waals surface area (Å²) in [7, 11) is -1.94. The van der Waals surface area contributed by atoms with Gasteiger partial charge in [0.1, 0.15) is 10.7 Å². The maximum Gasteiger partial charge on any atom is 0.244 e. The number of rotatable bonds is 5. The molecule has 1 aromatic rings. The lowest BCUT2D eigenvalue weighted by molar-refractivity contribution is 0.554. The summed E-state index contributed by atoms with van der Waals surface area (Å²) in [6, 6.07) is 1.29. The Balaban J connectivity index is 0.00000289. The van der Waals surface area contributed by atoms with Gasteiger partial charge in [-0.05, 0) is 20.0 Å². The molecule has 4 N–H and O–H groups in total. The minimum atomic E-state index is -3.68. The number of pyridine rings is 1. The van der Waals surface area contributed by atoms with E-state index in [0.29, 0.717) is 0 Å². The van der Waals surface area contributed by atoms with Crippen molar-refractivity contribution in [2.75, 3.05) is 19.3 Å². The van der Waals surface area contributed by atoms with Crippen LogP contribution in [0.1, 0.15) is 6.92 Å². The van der Waals surface area contributed by atoms with Crippen LogP contribution < -0.4 is 15.8 Å². The van der Waals surface area contributed by atoms with Crippen molar-refractivity contribution >= 4 is 39.8 Å². The molecule has 104 valence electrons.